The molecular formula is C31H48O4. The van der Waals surface area contributed by atoms with Gasteiger partial charge >= 0.3 is 0 Å². The lowest BCUT2D eigenvalue weighted by atomic mass is 9.33. The molecule has 0 amide bonds. The largest absolute Gasteiger partial charge is 0.505 e. The first-order chi connectivity index (χ1) is 16.1. The molecule has 1 saturated heterocycles. The second kappa shape index (κ2) is 7.45. The normalized spacial score (nSPS) is 50.9. The standard InChI is InChI=1S/C31H48O4/c1-9-26(2,3)25-23-19-10-11-22-28(6)16-20(33)24(34)27(4,5)21(28)12-13-30(22,8)29(19,7)14-15-31(23,17-32)18-35-25/h16-17,19,21-23,25,33H,9-15,18H2,1-8H3/t19?,21?,22?,23?,25?,28-,29-,30+,31?/m0/s1. The van der Waals surface area contributed by atoms with Gasteiger partial charge in [0.1, 0.15) is 6.29 Å². The van der Waals surface area contributed by atoms with Gasteiger partial charge < -0.3 is 14.6 Å². The van der Waals surface area contributed by atoms with Crippen LogP contribution in [0.4, 0.5) is 0 Å². The van der Waals surface area contributed by atoms with Crippen molar-refractivity contribution >= 4 is 12.1 Å². The number of fused-ring (bicyclic) bond motifs is 7. The Labute approximate surface area is 212 Å². The Hall–Kier alpha value is -1.16. The molecule has 0 radical (unpaired) electrons. The molecule has 5 aliphatic rings. The number of hydrogen-bond donors (Lipinski definition) is 1. The average Bonchev–Trinajstić information content (AvgIpc) is 3.19. The number of aliphatic hydroxyl groups excluding tert-OH is 1. The van der Waals surface area contributed by atoms with Gasteiger partial charge in [-0.05, 0) is 90.4 Å². The number of carbonyl (C=O) groups excluding carboxylic acids is 2. The average molecular weight is 485 g/mol. The molecule has 1 aliphatic heterocycles. The van der Waals surface area contributed by atoms with Gasteiger partial charge in [-0.25, -0.2) is 0 Å². The molecule has 0 bridgehead atoms. The Morgan fingerprint density at radius 2 is 1.71 bits per heavy atom. The molecule has 0 aromatic carbocycles. The molecule has 1 N–H and O–H groups in total. The van der Waals surface area contributed by atoms with Crippen molar-refractivity contribution in [2.45, 2.75) is 106 Å². The Kier molecular flexibility index (Phi) is 5.43. The highest BCUT2D eigenvalue weighted by molar-refractivity contribution is 5.98. The molecule has 3 saturated carbocycles. The fraction of sp³-hybridized carbons (Fsp3) is 0.871. The number of hydrogen-bond acceptors (Lipinski definition) is 4. The lowest BCUT2D eigenvalue weighted by molar-refractivity contribution is -0.218. The van der Waals surface area contributed by atoms with Crippen molar-refractivity contribution in [2.24, 2.45) is 56.2 Å². The van der Waals surface area contributed by atoms with Crippen molar-refractivity contribution in [3.63, 3.8) is 0 Å². The molecule has 0 spiro atoms. The van der Waals surface area contributed by atoms with Crippen LogP contribution in [0.3, 0.4) is 0 Å². The second-order valence-corrected chi connectivity index (χ2v) is 15.1. The summed E-state index contributed by atoms with van der Waals surface area (Å²) < 4.78 is 6.56. The molecule has 4 nitrogen and oxygen atoms in total. The van der Waals surface area contributed by atoms with Crippen molar-refractivity contribution in [1.82, 2.24) is 0 Å². The van der Waals surface area contributed by atoms with Gasteiger partial charge in [0.15, 0.2) is 5.76 Å². The highest BCUT2D eigenvalue weighted by Gasteiger charge is 2.72. The SMILES string of the molecule is CCC(C)(C)C1OCC2(C=O)CC[C@@]3(C)C(CCC4[C@@]5(C)C=C(O)C(=O)C(C)(C)C5CC[C@]43C)C12. The van der Waals surface area contributed by atoms with E-state index in [1.807, 2.05) is 19.9 Å². The van der Waals surface area contributed by atoms with E-state index in [0.717, 1.165) is 44.9 Å². The first kappa shape index (κ1) is 25.5. The van der Waals surface area contributed by atoms with Gasteiger partial charge in [-0.2, -0.15) is 0 Å². The van der Waals surface area contributed by atoms with Crippen LogP contribution in [0.25, 0.3) is 0 Å². The molecule has 35 heavy (non-hydrogen) atoms. The van der Waals surface area contributed by atoms with Crippen LogP contribution in [0.2, 0.25) is 0 Å². The third kappa shape index (κ3) is 2.95. The number of rotatable bonds is 3. The summed E-state index contributed by atoms with van der Waals surface area (Å²) in [5.41, 5.74) is -0.851. The minimum atomic E-state index is -0.540. The first-order valence-corrected chi connectivity index (χ1v) is 14.2. The summed E-state index contributed by atoms with van der Waals surface area (Å²) in [5.74, 6) is 1.26. The van der Waals surface area contributed by atoms with Crippen molar-refractivity contribution < 1.29 is 19.4 Å². The molecular weight excluding hydrogens is 436 g/mol. The summed E-state index contributed by atoms with van der Waals surface area (Å²) in [5, 5.41) is 10.8. The molecule has 0 aromatic rings. The van der Waals surface area contributed by atoms with Gasteiger partial charge in [-0.1, -0.05) is 55.4 Å². The lowest BCUT2D eigenvalue weighted by Crippen LogP contribution is -2.66. The van der Waals surface area contributed by atoms with E-state index in [1.54, 1.807) is 0 Å². The van der Waals surface area contributed by atoms with Crippen LogP contribution in [0.1, 0.15) is 100 Å². The Morgan fingerprint density at radius 3 is 2.34 bits per heavy atom. The summed E-state index contributed by atoms with van der Waals surface area (Å²) in [6, 6.07) is 0. The molecule has 1 heterocycles. The van der Waals surface area contributed by atoms with E-state index < -0.39 is 5.41 Å². The van der Waals surface area contributed by atoms with E-state index in [-0.39, 0.29) is 56.6 Å². The van der Waals surface area contributed by atoms with Gasteiger partial charge in [0.05, 0.1) is 18.1 Å². The number of aliphatic hydroxyl groups is 1. The number of aldehydes is 1. The quantitative estimate of drug-likeness (QED) is 0.442. The summed E-state index contributed by atoms with van der Waals surface area (Å²) in [4.78, 5) is 25.7. The minimum Gasteiger partial charge on any atom is -0.505 e. The predicted molar refractivity (Wildman–Crippen MR) is 138 cm³/mol. The molecule has 4 fully saturated rings. The third-order valence-electron chi connectivity index (χ3n) is 13.2. The van der Waals surface area contributed by atoms with Crippen LogP contribution in [0.15, 0.2) is 11.8 Å². The second-order valence-electron chi connectivity index (χ2n) is 15.1. The smallest absolute Gasteiger partial charge is 0.202 e. The molecule has 4 heteroatoms. The van der Waals surface area contributed by atoms with Crippen LogP contribution in [0, 0.1) is 56.2 Å². The van der Waals surface area contributed by atoms with Crippen LogP contribution in [-0.2, 0) is 14.3 Å². The third-order valence-corrected chi connectivity index (χ3v) is 13.2. The monoisotopic (exact) mass is 484 g/mol. The lowest BCUT2D eigenvalue weighted by Gasteiger charge is -2.71. The molecule has 196 valence electrons. The van der Waals surface area contributed by atoms with E-state index in [9.17, 15) is 14.7 Å². The van der Waals surface area contributed by atoms with E-state index in [4.69, 9.17) is 4.74 Å². The van der Waals surface area contributed by atoms with Crippen molar-refractivity contribution in [2.75, 3.05) is 6.61 Å². The zero-order chi connectivity index (χ0) is 25.8. The maximum absolute atomic E-state index is 13.0. The molecule has 0 aromatic heterocycles. The van der Waals surface area contributed by atoms with Crippen LogP contribution in [-0.4, -0.2) is 29.9 Å². The Bertz CT molecular complexity index is 963. The topological polar surface area (TPSA) is 63.6 Å². The van der Waals surface area contributed by atoms with Gasteiger partial charge in [0.25, 0.3) is 0 Å². The Balaban J connectivity index is 1.60. The summed E-state index contributed by atoms with van der Waals surface area (Å²) in [6.45, 7) is 18.9. The fourth-order valence-electron chi connectivity index (χ4n) is 10.7. The molecule has 6 unspecified atom stereocenters. The van der Waals surface area contributed by atoms with Crippen LogP contribution < -0.4 is 0 Å². The molecule has 4 aliphatic carbocycles. The van der Waals surface area contributed by atoms with Gasteiger partial charge in [0, 0.05) is 11.3 Å². The predicted octanol–water partition coefficient (Wildman–Crippen LogP) is 6.92. The van der Waals surface area contributed by atoms with Crippen molar-refractivity contribution in [3.8, 4) is 0 Å². The number of Topliss-reactive ketones (excluding diaryl/α,β-unsaturated/α-hetero) is 1. The van der Waals surface area contributed by atoms with Gasteiger partial charge in [-0.15, -0.1) is 0 Å². The first-order valence-electron chi connectivity index (χ1n) is 14.2. The summed E-state index contributed by atoms with van der Waals surface area (Å²) in [7, 11) is 0. The van der Waals surface area contributed by atoms with E-state index in [1.165, 1.54) is 6.29 Å². The highest BCUT2D eigenvalue weighted by atomic mass is 16.5. The van der Waals surface area contributed by atoms with Crippen LogP contribution >= 0.6 is 0 Å². The number of allylic oxidation sites excluding steroid dienone is 2. The molecule has 5 rings (SSSR count). The number of ketones is 1. The zero-order valence-electron chi connectivity index (χ0n) is 23.4. The van der Waals surface area contributed by atoms with Gasteiger partial charge in [0.2, 0.25) is 5.78 Å². The number of carbonyl (C=O) groups is 2. The van der Waals surface area contributed by atoms with E-state index in [2.05, 4.69) is 41.5 Å². The number of ether oxygens (including phenoxy) is 1. The highest BCUT2D eigenvalue weighted by Crippen LogP contribution is 2.76. The minimum absolute atomic E-state index is 0.0251. The summed E-state index contributed by atoms with van der Waals surface area (Å²) in [6.07, 6.45) is 10.7. The van der Waals surface area contributed by atoms with Crippen molar-refractivity contribution in [3.05, 3.63) is 11.8 Å². The maximum Gasteiger partial charge on any atom is 0.202 e. The fourth-order valence-corrected chi connectivity index (χ4v) is 10.7. The Morgan fingerprint density at radius 1 is 1.03 bits per heavy atom. The molecule has 9 atom stereocenters. The van der Waals surface area contributed by atoms with Gasteiger partial charge in [-0.3, -0.25) is 4.79 Å². The van der Waals surface area contributed by atoms with E-state index >= 15 is 0 Å². The maximum atomic E-state index is 13.0. The van der Waals surface area contributed by atoms with Crippen LogP contribution in [0.5, 0.6) is 0 Å². The summed E-state index contributed by atoms with van der Waals surface area (Å²) >= 11 is 0. The zero-order valence-corrected chi connectivity index (χ0v) is 23.4. The van der Waals surface area contributed by atoms with Crippen molar-refractivity contribution in [1.29, 1.82) is 0 Å². The van der Waals surface area contributed by atoms with E-state index in [0.29, 0.717) is 18.4 Å².